The average Bonchev–Trinajstić information content (AvgIpc) is 3.44. The summed E-state index contributed by atoms with van der Waals surface area (Å²) in [6.07, 6.45) is 2.82. The molecule has 2 aromatic carbocycles. The molecule has 238 valence electrons. The predicted molar refractivity (Wildman–Crippen MR) is 164 cm³/mol. The first-order valence-corrected chi connectivity index (χ1v) is 15.5. The Labute approximate surface area is 258 Å². The zero-order valence-corrected chi connectivity index (χ0v) is 25.4. The third-order valence-electron chi connectivity index (χ3n) is 9.50. The van der Waals surface area contributed by atoms with E-state index < -0.39 is 23.3 Å². The normalized spacial score (nSPS) is 24.0. The molecule has 12 heteroatoms. The molecule has 3 aliphatic heterocycles. The highest BCUT2D eigenvalue weighted by molar-refractivity contribution is 6.01. The summed E-state index contributed by atoms with van der Waals surface area (Å²) in [5, 5.41) is 12.0. The number of methoxy groups -OCH3 is 1. The van der Waals surface area contributed by atoms with Gasteiger partial charge in [0.05, 0.1) is 30.2 Å². The molecule has 0 radical (unpaired) electrons. The first kappa shape index (κ1) is 29.9. The number of anilines is 1. The fourth-order valence-electron chi connectivity index (χ4n) is 7.31. The fourth-order valence-corrected chi connectivity index (χ4v) is 7.31. The van der Waals surface area contributed by atoms with Gasteiger partial charge in [-0.05, 0) is 60.3 Å². The molecule has 3 atom stereocenters. The molecule has 0 bridgehead atoms. The molecule has 1 unspecified atom stereocenters. The molecule has 0 spiro atoms. The second kappa shape index (κ2) is 11.9. The predicted octanol–water partition coefficient (Wildman–Crippen LogP) is 5.20. The van der Waals surface area contributed by atoms with E-state index in [1.165, 1.54) is 24.4 Å². The van der Waals surface area contributed by atoms with Crippen molar-refractivity contribution in [3.05, 3.63) is 47.7 Å². The minimum atomic E-state index is -0.925. The maximum Gasteiger partial charge on any atom is 0.319 e. The number of halogens is 3. The molecule has 45 heavy (non-hydrogen) atoms. The van der Waals surface area contributed by atoms with E-state index in [1.54, 1.807) is 13.2 Å². The highest BCUT2D eigenvalue weighted by Gasteiger charge is 2.49. The summed E-state index contributed by atoms with van der Waals surface area (Å²) >= 11 is 0. The standard InChI is InChI=1S/C33H36F3N5O4/c1-3-23-26(35)6-5-19-11-21(42)12-24(27(19)23)29-28(36)30-25(14-37-29)31(40-9-10-44-17-22(16-40)43-2)39-32(38-30)45-18-33-7-4-8-41(33)15-20(34)13-33/h5-6,11-12,14,20,22,42H,3-4,7-10,13,15-18H2,1-2H3/t20-,22?,33+/m1/s1. The van der Waals surface area contributed by atoms with Gasteiger partial charge < -0.3 is 24.2 Å². The van der Waals surface area contributed by atoms with E-state index in [1.807, 2.05) is 11.8 Å². The van der Waals surface area contributed by atoms with Gasteiger partial charge in [-0.15, -0.1) is 0 Å². The zero-order valence-electron chi connectivity index (χ0n) is 25.4. The van der Waals surface area contributed by atoms with Crippen LogP contribution >= 0.6 is 0 Å². The smallest absolute Gasteiger partial charge is 0.319 e. The van der Waals surface area contributed by atoms with E-state index in [9.17, 15) is 13.9 Å². The lowest BCUT2D eigenvalue weighted by molar-refractivity contribution is 0.0286. The monoisotopic (exact) mass is 623 g/mol. The van der Waals surface area contributed by atoms with Gasteiger partial charge in [0.15, 0.2) is 5.82 Å². The van der Waals surface area contributed by atoms with Gasteiger partial charge in [0, 0.05) is 44.9 Å². The highest BCUT2D eigenvalue weighted by atomic mass is 19.1. The number of hydrogen-bond acceptors (Lipinski definition) is 9. The number of rotatable bonds is 7. The highest BCUT2D eigenvalue weighted by Crippen LogP contribution is 2.42. The molecule has 2 aromatic heterocycles. The third-order valence-corrected chi connectivity index (χ3v) is 9.50. The molecular formula is C33H36F3N5O4. The van der Waals surface area contributed by atoms with E-state index in [4.69, 9.17) is 19.2 Å². The van der Waals surface area contributed by atoms with Gasteiger partial charge in [-0.25, -0.2) is 13.2 Å². The van der Waals surface area contributed by atoms with Crippen LogP contribution < -0.4 is 9.64 Å². The van der Waals surface area contributed by atoms with Crippen LogP contribution in [0.1, 0.15) is 31.7 Å². The minimum absolute atomic E-state index is 0.0272. The number of hydrogen-bond donors (Lipinski definition) is 1. The maximum absolute atomic E-state index is 16.8. The minimum Gasteiger partial charge on any atom is -0.508 e. The summed E-state index contributed by atoms with van der Waals surface area (Å²) in [7, 11) is 1.61. The zero-order chi connectivity index (χ0) is 31.3. The van der Waals surface area contributed by atoms with Crippen LogP contribution in [0.2, 0.25) is 0 Å². The van der Waals surface area contributed by atoms with Crippen LogP contribution in [0.4, 0.5) is 19.0 Å². The van der Waals surface area contributed by atoms with Gasteiger partial charge in [0.1, 0.15) is 41.4 Å². The Balaban J connectivity index is 1.38. The van der Waals surface area contributed by atoms with E-state index in [0.717, 1.165) is 19.4 Å². The molecule has 7 rings (SSSR count). The van der Waals surface area contributed by atoms with Gasteiger partial charge in [-0.2, -0.15) is 9.97 Å². The van der Waals surface area contributed by atoms with Gasteiger partial charge in [0.25, 0.3) is 0 Å². The van der Waals surface area contributed by atoms with Crippen molar-refractivity contribution in [2.45, 2.75) is 50.4 Å². The molecule has 9 nitrogen and oxygen atoms in total. The second-order valence-electron chi connectivity index (χ2n) is 12.2. The number of pyridine rings is 1. The number of fused-ring (bicyclic) bond motifs is 3. The first-order valence-electron chi connectivity index (χ1n) is 15.5. The van der Waals surface area contributed by atoms with Crippen molar-refractivity contribution in [3.8, 4) is 23.0 Å². The van der Waals surface area contributed by atoms with E-state index in [2.05, 4.69) is 14.9 Å². The number of benzene rings is 2. The SMILES string of the molecule is CCc1c(F)ccc2cc(O)cc(-c3ncc4c(N5CCOCC(OC)C5)nc(OC[C@@]56CCCN5C[C@H](F)C6)nc4c3F)c12. The number of aromatic hydroxyl groups is 1. The number of nitrogens with zero attached hydrogens (tertiary/aromatic N) is 5. The Morgan fingerprint density at radius 2 is 2.02 bits per heavy atom. The topological polar surface area (TPSA) is 93.1 Å². The van der Waals surface area contributed by atoms with Crippen LogP contribution in [0.5, 0.6) is 11.8 Å². The number of ether oxygens (including phenoxy) is 3. The van der Waals surface area contributed by atoms with Crippen molar-refractivity contribution in [2.24, 2.45) is 0 Å². The number of phenolic OH excluding ortho intramolecular Hbond substituents is 1. The van der Waals surface area contributed by atoms with Crippen LogP contribution in [-0.4, -0.2) is 95.9 Å². The van der Waals surface area contributed by atoms with Crippen LogP contribution in [0.25, 0.3) is 32.9 Å². The quantitative estimate of drug-likeness (QED) is 0.298. The Morgan fingerprint density at radius 3 is 2.84 bits per heavy atom. The Hall–Kier alpha value is -3.74. The van der Waals surface area contributed by atoms with Gasteiger partial charge in [-0.3, -0.25) is 9.88 Å². The molecule has 0 aliphatic carbocycles. The van der Waals surface area contributed by atoms with E-state index in [-0.39, 0.29) is 41.2 Å². The van der Waals surface area contributed by atoms with Crippen molar-refractivity contribution in [3.63, 3.8) is 0 Å². The van der Waals surface area contributed by atoms with E-state index >= 15 is 4.39 Å². The molecule has 0 saturated carbocycles. The van der Waals surface area contributed by atoms with Crippen LogP contribution in [0.15, 0.2) is 30.5 Å². The lowest BCUT2D eigenvalue weighted by Crippen LogP contribution is -2.43. The van der Waals surface area contributed by atoms with Gasteiger partial charge >= 0.3 is 6.01 Å². The van der Waals surface area contributed by atoms with Gasteiger partial charge in [-0.1, -0.05) is 13.0 Å². The largest absolute Gasteiger partial charge is 0.508 e. The Bertz CT molecular complexity index is 1760. The number of aromatic nitrogens is 3. The first-order chi connectivity index (χ1) is 21.8. The van der Waals surface area contributed by atoms with Crippen LogP contribution in [0.3, 0.4) is 0 Å². The average molecular weight is 624 g/mol. The maximum atomic E-state index is 16.8. The van der Waals surface area contributed by atoms with Crippen molar-refractivity contribution >= 4 is 27.5 Å². The molecule has 5 heterocycles. The Kier molecular flexibility index (Phi) is 7.91. The molecule has 3 aliphatic rings. The van der Waals surface area contributed by atoms with E-state index in [0.29, 0.717) is 73.2 Å². The Morgan fingerprint density at radius 1 is 1.16 bits per heavy atom. The molecule has 1 N–H and O–H groups in total. The molecule has 0 amide bonds. The molecular weight excluding hydrogens is 587 g/mol. The van der Waals surface area contributed by atoms with Crippen molar-refractivity contribution < 1.29 is 32.5 Å². The lowest BCUT2D eigenvalue weighted by Gasteiger charge is -2.31. The van der Waals surface area contributed by atoms with Crippen molar-refractivity contribution in [1.82, 2.24) is 19.9 Å². The summed E-state index contributed by atoms with van der Waals surface area (Å²) in [5.74, 6) is -0.855. The summed E-state index contributed by atoms with van der Waals surface area (Å²) in [5.41, 5.74) is 0.102. The summed E-state index contributed by atoms with van der Waals surface area (Å²) in [4.78, 5) is 17.9. The van der Waals surface area contributed by atoms with Crippen LogP contribution in [0, 0.1) is 11.6 Å². The number of phenols is 1. The van der Waals surface area contributed by atoms with Gasteiger partial charge in [0.2, 0.25) is 0 Å². The summed E-state index contributed by atoms with van der Waals surface area (Å²) in [6, 6.07) is 5.79. The molecule has 3 fully saturated rings. The molecule has 4 aromatic rings. The number of alkyl halides is 1. The lowest BCUT2D eigenvalue weighted by atomic mass is 9.94. The molecule has 3 saturated heterocycles. The second-order valence-corrected chi connectivity index (χ2v) is 12.2. The van der Waals surface area contributed by atoms with Crippen LogP contribution in [-0.2, 0) is 15.9 Å². The number of aryl methyl sites for hydroxylation is 1. The summed E-state index contributed by atoms with van der Waals surface area (Å²) in [6.45, 7) is 4.89. The third kappa shape index (κ3) is 5.32. The fraction of sp³-hybridized carbons (Fsp3) is 0.485. The summed E-state index contributed by atoms with van der Waals surface area (Å²) < 4.78 is 63.7. The van der Waals surface area contributed by atoms with Crippen molar-refractivity contribution in [2.75, 3.05) is 58.0 Å². The van der Waals surface area contributed by atoms with Crippen molar-refractivity contribution in [1.29, 1.82) is 0 Å².